The maximum Gasteiger partial charge on any atom is 0.251 e. The molecule has 0 bridgehead atoms. The lowest BCUT2D eigenvalue weighted by Crippen LogP contribution is -2.37. The highest BCUT2D eigenvalue weighted by molar-refractivity contribution is 5.99. The van der Waals surface area contributed by atoms with Crippen LogP contribution in [0.15, 0.2) is 54.6 Å². The van der Waals surface area contributed by atoms with Crippen molar-refractivity contribution in [3.63, 3.8) is 0 Å². The van der Waals surface area contributed by atoms with Crippen LogP contribution in [0.4, 0.5) is 5.69 Å². The zero-order valence-electron chi connectivity index (χ0n) is 12.5. The van der Waals surface area contributed by atoms with Gasteiger partial charge in [-0.1, -0.05) is 36.4 Å². The number of rotatable bonds is 3. The summed E-state index contributed by atoms with van der Waals surface area (Å²) in [6, 6.07) is 16.8. The average Bonchev–Trinajstić information content (AvgIpc) is 2.89. The Kier molecular flexibility index (Phi) is 3.92. The molecule has 1 N–H and O–H groups in total. The monoisotopic (exact) mass is 294 g/mol. The van der Waals surface area contributed by atoms with Crippen molar-refractivity contribution in [2.75, 3.05) is 11.4 Å². The molecule has 2 amide bonds. The van der Waals surface area contributed by atoms with Crippen molar-refractivity contribution in [3.8, 4) is 0 Å². The molecule has 0 spiro atoms. The number of carbonyl (C=O) groups excluding carboxylic acids is 2. The van der Waals surface area contributed by atoms with E-state index in [1.165, 1.54) is 0 Å². The van der Waals surface area contributed by atoms with E-state index in [0.29, 0.717) is 18.5 Å². The number of para-hydroxylation sites is 1. The first-order valence-electron chi connectivity index (χ1n) is 7.37. The zero-order valence-corrected chi connectivity index (χ0v) is 12.5. The Morgan fingerprint density at radius 1 is 1.09 bits per heavy atom. The summed E-state index contributed by atoms with van der Waals surface area (Å²) in [6.45, 7) is 2.42. The van der Waals surface area contributed by atoms with E-state index < -0.39 is 0 Å². The lowest BCUT2D eigenvalue weighted by atomic mass is 10.1. The predicted molar refractivity (Wildman–Crippen MR) is 85.8 cm³/mol. The van der Waals surface area contributed by atoms with Crippen LogP contribution < -0.4 is 10.2 Å². The number of nitrogens with one attached hydrogen (secondary N) is 1. The maximum absolute atomic E-state index is 12.3. The smallest absolute Gasteiger partial charge is 0.251 e. The van der Waals surface area contributed by atoms with Gasteiger partial charge in [-0.15, -0.1) is 0 Å². The maximum atomic E-state index is 12.3. The van der Waals surface area contributed by atoms with Crippen LogP contribution in [0.1, 0.15) is 22.3 Å². The summed E-state index contributed by atoms with van der Waals surface area (Å²) in [5, 5.41) is 2.96. The van der Waals surface area contributed by atoms with E-state index in [9.17, 15) is 9.59 Å². The Labute approximate surface area is 129 Å². The van der Waals surface area contributed by atoms with Crippen LogP contribution in [0.25, 0.3) is 0 Å². The van der Waals surface area contributed by atoms with Crippen LogP contribution in [0, 0.1) is 6.92 Å². The Morgan fingerprint density at radius 3 is 2.50 bits per heavy atom. The van der Waals surface area contributed by atoms with Gasteiger partial charge in [-0.25, -0.2) is 0 Å². The van der Waals surface area contributed by atoms with Gasteiger partial charge in [-0.2, -0.15) is 0 Å². The van der Waals surface area contributed by atoms with Crippen molar-refractivity contribution >= 4 is 17.5 Å². The number of anilines is 1. The molecule has 1 atom stereocenters. The van der Waals surface area contributed by atoms with Gasteiger partial charge in [-0.3, -0.25) is 9.59 Å². The summed E-state index contributed by atoms with van der Waals surface area (Å²) in [5.74, 6) is -0.0768. The second-order valence-corrected chi connectivity index (χ2v) is 5.53. The fourth-order valence-corrected chi connectivity index (χ4v) is 2.75. The second-order valence-electron chi connectivity index (χ2n) is 5.53. The minimum atomic E-state index is -0.153. The fourth-order valence-electron chi connectivity index (χ4n) is 2.75. The second kappa shape index (κ2) is 6.02. The lowest BCUT2D eigenvalue weighted by Gasteiger charge is -2.17. The molecule has 0 aromatic heterocycles. The van der Waals surface area contributed by atoms with Crippen molar-refractivity contribution in [1.29, 1.82) is 0 Å². The summed E-state index contributed by atoms with van der Waals surface area (Å²) < 4.78 is 0. The third-order valence-electron chi connectivity index (χ3n) is 3.92. The van der Waals surface area contributed by atoms with Crippen molar-refractivity contribution in [1.82, 2.24) is 5.32 Å². The Morgan fingerprint density at radius 2 is 1.77 bits per heavy atom. The number of amides is 2. The first kappa shape index (κ1) is 14.3. The lowest BCUT2D eigenvalue weighted by molar-refractivity contribution is -0.117. The van der Waals surface area contributed by atoms with Crippen LogP contribution in [0.5, 0.6) is 0 Å². The molecule has 1 fully saturated rings. The quantitative estimate of drug-likeness (QED) is 0.945. The van der Waals surface area contributed by atoms with Crippen LogP contribution in [0.2, 0.25) is 0 Å². The average molecular weight is 294 g/mol. The van der Waals surface area contributed by atoms with Crippen LogP contribution in [0.3, 0.4) is 0 Å². The number of nitrogens with zero attached hydrogens (tertiary/aromatic N) is 1. The molecule has 0 radical (unpaired) electrons. The molecule has 1 aliphatic rings. The van der Waals surface area contributed by atoms with Gasteiger partial charge in [0.2, 0.25) is 5.91 Å². The Balaban J connectivity index is 1.69. The molecule has 112 valence electrons. The molecule has 4 nitrogen and oxygen atoms in total. The molecule has 0 unspecified atom stereocenters. The highest BCUT2D eigenvalue weighted by Crippen LogP contribution is 2.21. The van der Waals surface area contributed by atoms with Gasteiger partial charge in [0.1, 0.15) is 0 Å². The minimum absolute atomic E-state index is 0.0429. The van der Waals surface area contributed by atoms with Crippen molar-refractivity contribution in [3.05, 3.63) is 65.7 Å². The first-order valence-corrected chi connectivity index (χ1v) is 7.37. The van der Waals surface area contributed by atoms with E-state index in [2.05, 4.69) is 5.32 Å². The molecule has 1 aliphatic heterocycles. The fraction of sp³-hybridized carbons (Fsp3) is 0.222. The van der Waals surface area contributed by atoms with E-state index in [1.54, 1.807) is 11.0 Å². The number of carbonyl (C=O) groups is 2. The Hall–Kier alpha value is -2.62. The first-order chi connectivity index (χ1) is 10.6. The SMILES string of the molecule is Cc1ccccc1C(=O)N[C@@H]1CC(=O)N(c2ccccc2)C1. The molecular formula is C18H18N2O2. The summed E-state index contributed by atoms with van der Waals surface area (Å²) in [6.07, 6.45) is 0.340. The normalized spacial score (nSPS) is 17.6. The highest BCUT2D eigenvalue weighted by Gasteiger charge is 2.31. The van der Waals surface area contributed by atoms with Gasteiger partial charge in [-0.05, 0) is 30.7 Å². The van der Waals surface area contributed by atoms with Gasteiger partial charge in [0.15, 0.2) is 0 Å². The van der Waals surface area contributed by atoms with E-state index >= 15 is 0 Å². The Bertz CT molecular complexity index is 697. The molecule has 2 aromatic carbocycles. The van der Waals surface area contributed by atoms with Crippen LogP contribution in [-0.4, -0.2) is 24.4 Å². The topological polar surface area (TPSA) is 49.4 Å². The standard InChI is InChI=1S/C18H18N2O2/c1-13-7-5-6-10-16(13)18(22)19-14-11-17(21)20(12-14)15-8-3-2-4-9-15/h2-10,14H,11-12H2,1H3,(H,19,22)/t14-/m1/s1. The molecule has 3 rings (SSSR count). The molecule has 0 saturated carbocycles. The largest absolute Gasteiger partial charge is 0.347 e. The van der Waals surface area contributed by atoms with Gasteiger partial charge < -0.3 is 10.2 Å². The van der Waals surface area contributed by atoms with Gasteiger partial charge in [0.25, 0.3) is 5.91 Å². The van der Waals surface area contributed by atoms with Crippen molar-refractivity contribution in [2.45, 2.75) is 19.4 Å². The summed E-state index contributed by atoms with van der Waals surface area (Å²) in [5.41, 5.74) is 2.47. The number of hydrogen-bond donors (Lipinski definition) is 1. The molecule has 2 aromatic rings. The van der Waals surface area contributed by atoms with E-state index in [0.717, 1.165) is 11.3 Å². The van der Waals surface area contributed by atoms with E-state index in [1.807, 2.05) is 55.5 Å². The van der Waals surface area contributed by atoms with E-state index in [-0.39, 0.29) is 17.9 Å². The van der Waals surface area contributed by atoms with Crippen LogP contribution in [-0.2, 0) is 4.79 Å². The number of benzene rings is 2. The summed E-state index contributed by atoms with van der Waals surface area (Å²) in [4.78, 5) is 26.2. The van der Waals surface area contributed by atoms with Gasteiger partial charge in [0.05, 0.1) is 6.04 Å². The molecule has 0 aliphatic carbocycles. The number of hydrogen-bond acceptors (Lipinski definition) is 2. The van der Waals surface area contributed by atoms with Crippen LogP contribution >= 0.6 is 0 Å². The summed E-state index contributed by atoms with van der Waals surface area (Å²) >= 11 is 0. The molecule has 1 heterocycles. The van der Waals surface area contributed by atoms with Gasteiger partial charge in [0, 0.05) is 24.2 Å². The van der Waals surface area contributed by atoms with E-state index in [4.69, 9.17) is 0 Å². The van der Waals surface area contributed by atoms with Gasteiger partial charge >= 0.3 is 0 Å². The molecule has 22 heavy (non-hydrogen) atoms. The minimum Gasteiger partial charge on any atom is -0.347 e. The highest BCUT2D eigenvalue weighted by atomic mass is 16.2. The predicted octanol–water partition coefficient (Wildman–Crippen LogP) is 2.53. The molecule has 4 heteroatoms. The summed E-state index contributed by atoms with van der Waals surface area (Å²) in [7, 11) is 0. The van der Waals surface area contributed by atoms with Crippen molar-refractivity contribution in [2.24, 2.45) is 0 Å². The molecule has 1 saturated heterocycles. The third kappa shape index (κ3) is 2.86. The third-order valence-corrected chi connectivity index (χ3v) is 3.92. The van der Waals surface area contributed by atoms with Crippen molar-refractivity contribution < 1.29 is 9.59 Å². The zero-order chi connectivity index (χ0) is 15.5. The molecular weight excluding hydrogens is 276 g/mol. The number of aryl methyl sites for hydroxylation is 1.